The third kappa shape index (κ3) is 5.85. The number of nitrogens with zero attached hydrogens (tertiary/aromatic N) is 2. The number of carbonyl (C=O) groups excluding carboxylic acids is 2. The van der Waals surface area contributed by atoms with Gasteiger partial charge >= 0.3 is 0 Å². The molecule has 7 heteroatoms. The molecule has 0 spiro atoms. The zero-order valence-corrected chi connectivity index (χ0v) is 19.5. The summed E-state index contributed by atoms with van der Waals surface area (Å²) < 4.78 is 19.3. The fourth-order valence-corrected chi connectivity index (χ4v) is 4.92. The maximum atomic E-state index is 13.3. The molecule has 2 fully saturated rings. The van der Waals surface area contributed by atoms with Crippen molar-refractivity contribution in [3.63, 3.8) is 0 Å². The second-order valence-electron chi connectivity index (χ2n) is 9.13. The first-order valence-corrected chi connectivity index (χ1v) is 12.0. The Hall–Kier alpha value is -2.60. The largest absolute Gasteiger partial charge is 0.493 e. The van der Waals surface area contributed by atoms with E-state index in [-0.39, 0.29) is 23.0 Å². The molecular weight excluding hydrogens is 443 g/mol. The van der Waals surface area contributed by atoms with Crippen LogP contribution in [0.2, 0.25) is 5.02 Å². The molecule has 0 aliphatic carbocycles. The summed E-state index contributed by atoms with van der Waals surface area (Å²) in [5.74, 6) is 0.332. The van der Waals surface area contributed by atoms with Gasteiger partial charge in [-0.05, 0) is 68.5 Å². The lowest BCUT2D eigenvalue weighted by Gasteiger charge is -2.42. The molecule has 4 rings (SSSR count). The normalized spacial score (nSPS) is 18.1. The van der Waals surface area contributed by atoms with Gasteiger partial charge in [0, 0.05) is 38.0 Å². The Morgan fingerprint density at radius 3 is 2.24 bits per heavy atom. The monoisotopic (exact) mass is 472 g/mol. The quantitative estimate of drug-likeness (QED) is 0.581. The molecule has 2 heterocycles. The van der Waals surface area contributed by atoms with Crippen molar-refractivity contribution in [2.24, 2.45) is 5.41 Å². The van der Waals surface area contributed by atoms with Crippen molar-refractivity contribution in [2.75, 3.05) is 32.8 Å². The third-order valence-electron chi connectivity index (χ3n) is 6.81. The van der Waals surface area contributed by atoms with E-state index in [0.29, 0.717) is 55.3 Å². The second kappa shape index (κ2) is 10.6. The molecule has 2 saturated heterocycles. The minimum Gasteiger partial charge on any atom is -0.493 e. The highest BCUT2D eigenvalue weighted by atomic mass is 35.5. The lowest BCUT2D eigenvalue weighted by Crippen LogP contribution is -2.48. The summed E-state index contributed by atoms with van der Waals surface area (Å²) >= 11 is 6.23. The molecule has 0 radical (unpaired) electrons. The predicted octanol–water partition coefficient (Wildman–Crippen LogP) is 5.18. The average Bonchev–Trinajstić information content (AvgIpc) is 2.85. The van der Waals surface area contributed by atoms with E-state index in [4.69, 9.17) is 16.3 Å². The van der Waals surface area contributed by atoms with Crippen LogP contribution in [0.3, 0.4) is 0 Å². The van der Waals surface area contributed by atoms with E-state index >= 15 is 0 Å². The molecule has 0 unspecified atom stereocenters. The molecule has 2 amide bonds. The Balaban J connectivity index is 1.45. The molecule has 0 aromatic heterocycles. The molecule has 2 aromatic rings. The van der Waals surface area contributed by atoms with E-state index in [1.165, 1.54) is 18.6 Å². The molecule has 0 atom stereocenters. The fourth-order valence-electron chi connectivity index (χ4n) is 4.70. The number of halogens is 2. The molecule has 0 bridgehead atoms. The van der Waals surface area contributed by atoms with Crippen LogP contribution >= 0.6 is 11.6 Å². The first-order valence-electron chi connectivity index (χ1n) is 11.7. The minimum atomic E-state index is -0.375. The summed E-state index contributed by atoms with van der Waals surface area (Å²) in [6, 6.07) is 13.0. The molecule has 0 saturated carbocycles. The van der Waals surface area contributed by atoms with Crippen molar-refractivity contribution >= 4 is 23.4 Å². The number of piperidine rings is 2. The standard InChI is InChI=1S/C26H30ClFN2O3/c27-23-7-3-2-6-22(23)25(32)30-16-12-26(13-17-30,18-24(31)29-14-4-1-5-15-29)19-33-21-10-8-20(28)9-11-21/h2-3,6-11H,1,4-5,12-19H2. The van der Waals surface area contributed by atoms with E-state index in [9.17, 15) is 14.0 Å². The zero-order valence-electron chi connectivity index (χ0n) is 18.8. The zero-order chi connectivity index (χ0) is 23.3. The fraction of sp³-hybridized carbons (Fsp3) is 0.462. The molecular formula is C26H30ClFN2O3. The Morgan fingerprint density at radius 2 is 1.58 bits per heavy atom. The van der Waals surface area contributed by atoms with Gasteiger partial charge in [-0.3, -0.25) is 9.59 Å². The van der Waals surface area contributed by atoms with Crippen LogP contribution in [-0.2, 0) is 4.79 Å². The average molecular weight is 473 g/mol. The van der Waals surface area contributed by atoms with Crippen molar-refractivity contribution < 1.29 is 18.7 Å². The van der Waals surface area contributed by atoms with Crippen molar-refractivity contribution in [3.8, 4) is 5.75 Å². The van der Waals surface area contributed by atoms with Gasteiger partial charge in [-0.15, -0.1) is 0 Å². The van der Waals surface area contributed by atoms with E-state index in [2.05, 4.69) is 0 Å². The molecule has 2 aliphatic rings. The Bertz CT molecular complexity index is 968. The minimum absolute atomic E-state index is 0.0870. The number of hydrogen-bond donors (Lipinski definition) is 0. The van der Waals surface area contributed by atoms with Gasteiger partial charge < -0.3 is 14.5 Å². The number of carbonyl (C=O) groups is 2. The number of amides is 2. The molecule has 0 N–H and O–H groups in total. The Labute approximate surface area is 199 Å². The van der Waals surface area contributed by atoms with Crippen LogP contribution in [0, 0.1) is 11.2 Å². The second-order valence-corrected chi connectivity index (χ2v) is 9.54. The summed E-state index contributed by atoms with van der Waals surface area (Å²) in [6.45, 7) is 3.04. The summed E-state index contributed by atoms with van der Waals surface area (Å²) in [6.07, 6.45) is 4.97. The van der Waals surface area contributed by atoms with Crippen LogP contribution in [-0.4, -0.2) is 54.4 Å². The maximum Gasteiger partial charge on any atom is 0.255 e. The number of rotatable bonds is 6. The van der Waals surface area contributed by atoms with Crippen molar-refractivity contribution in [1.29, 1.82) is 0 Å². The smallest absolute Gasteiger partial charge is 0.255 e. The highest BCUT2D eigenvalue weighted by Gasteiger charge is 2.40. The van der Waals surface area contributed by atoms with Gasteiger partial charge in [0.25, 0.3) is 5.91 Å². The van der Waals surface area contributed by atoms with Gasteiger partial charge in [-0.1, -0.05) is 23.7 Å². The van der Waals surface area contributed by atoms with Crippen molar-refractivity contribution in [3.05, 3.63) is 64.9 Å². The number of hydrogen-bond acceptors (Lipinski definition) is 3. The van der Waals surface area contributed by atoms with Gasteiger partial charge in [0.05, 0.1) is 17.2 Å². The first kappa shape index (κ1) is 23.6. The molecule has 5 nitrogen and oxygen atoms in total. The summed E-state index contributed by atoms with van der Waals surface area (Å²) in [7, 11) is 0. The van der Waals surface area contributed by atoms with Crippen LogP contribution in [0.5, 0.6) is 5.75 Å². The van der Waals surface area contributed by atoms with Gasteiger partial charge in [0.2, 0.25) is 5.91 Å². The van der Waals surface area contributed by atoms with E-state index < -0.39 is 0 Å². The van der Waals surface area contributed by atoms with Crippen molar-refractivity contribution in [1.82, 2.24) is 9.80 Å². The molecule has 2 aliphatic heterocycles. The van der Waals surface area contributed by atoms with Crippen LogP contribution < -0.4 is 4.74 Å². The maximum absolute atomic E-state index is 13.3. The number of likely N-dealkylation sites (tertiary alicyclic amines) is 2. The Kier molecular flexibility index (Phi) is 7.53. The lowest BCUT2D eigenvalue weighted by atomic mass is 9.75. The SMILES string of the molecule is O=C(CC1(COc2ccc(F)cc2)CCN(C(=O)c2ccccc2Cl)CC1)N1CCCCC1. The molecule has 176 valence electrons. The topological polar surface area (TPSA) is 49.9 Å². The van der Waals surface area contributed by atoms with Gasteiger partial charge in [-0.25, -0.2) is 4.39 Å². The van der Waals surface area contributed by atoms with Crippen LogP contribution in [0.15, 0.2) is 48.5 Å². The van der Waals surface area contributed by atoms with Gasteiger partial charge in [-0.2, -0.15) is 0 Å². The summed E-state index contributed by atoms with van der Waals surface area (Å²) in [4.78, 5) is 29.9. The molecule has 2 aromatic carbocycles. The van der Waals surface area contributed by atoms with Gasteiger partial charge in [0.1, 0.15) is 11.6 Å². The summed E-state index contributed by atoms with van der Waals surface area (Å²) in [5, 5.41) is 0.444. The highest BCUT2D eigenvalue weighted by Crippen LogP contribution is 2.37. The van der Waals surface area contributed by atoms with E-state index in [0.717, 1.165) is 25.9 Å². The molecule has 33 heavy (non-hydrogen) atoms. The van der Waals surface area contributed by atoms with Crippen LogP contribution in [0.25, 0.3) is 0 Å². The lowest BCUT2D eigenvalue weighted by molar-refractivity contribution is -0.136. The summed E-state index contributed by atoms with van der Waals surface area (Å²) in [5.41, 5.74) is 0.124. The van der Waals surface area contributed by atoms with Crippen LogP contribution in [0.1, 0.15) is 48.9 Å². The number of benzene rings is 2. The van der Waals surface area contributed by atoms with Crippen molar-refractivity contribution in [2.45, 2.75) is 38.5 Å². The van der Waals surface area contributed by atoms with Crippen LogP contribution in [0.4, 0.5) is 4.39 Å². The van der Waals surface area contributed by atoms with Gasteiger partial charge in [0.15, 0.2) is 0 Å². The highest BCUT2D eigenvalue weighted by molar-refractivity contribution is 6.33. The first-order chi connectivity index (χ1) is 16.0. The predicted molar refractivity (Wildman–Crippen MR) is 126 cm³/mol. The van der Waals surface area contributed by atoms with E-state index in [1.54, 1.807) is 36.4 Å². The Morgan fingerprint density at radius 1 is 0.909 bits per heavy atom. The van der Waals surface area contributed by atoms with E-state index in [1.807, 2.05) is 9.80 Å². The number of ether oxygens (including phenoxy) is 1. The third-order valence-corrected chi connectivity index (χ3v) is 7.14.